The van der Waals surface area contributed by atoms with Crippen LogP contribution >= 0.6 is 0 Å². The molecule has 0 radical (unpaired) electrons. The maximum absolute atomic E-state index is 5.88. The van der Waals surface area contributed by atoms with Crippen molar-refractivity contribution in [1.82, 2.24) is 0 Å². The van der Waals surface area contributed by atoms with Crippen LogP contribution in [-0.4, -0.2) is 13.3 Å². The van der Waals surface area contributed by atoms with Crippen LogP contribution < -0.4 is 0 Å². The van der Waals surface area contributed by atoms with Gasteiger partial charge in [-0.25, -0.2) is 0 Å². The molecule has 0 saturated heterocycles. The molecule has 0 atom stereocenters. The Labute approximate surface area is 57.2 Å². The molecular weight excluding hydrogens is 186 g/mol. The molecule has 0 aromatic carbocycles. The van der Waals surface area contributed by atoms with Gasteiger partial charge in [-0.05, 0) is 0 Å². The van der Waals surface area contributed by atoms with Gasteiger partial charge in [0.2, 0.25) is 0 Å². The van der Waals surface area contributed by atoms with Crippen molar-refractivity contribution >= 4 is 0 Å². The first kappa shape index (κ1) is 15.6. The fourth-order valence-corrected chi connectivity index (χ4v) is 0. The molecule has 0 spiro atoms. The Balaban J connectivity index is -0.0000000400. The van der Waals surface area contributed by atoms with E-state index in [4.69, 9.17) is 22.9 Å². The molecule has 0 aliphatic heterocycles. The molecule has 0 heterocycles. The van der Waals surface area contributed by atoms with Crippen molar-refractivity contribution < 1.29 is 20.4 Å². The third-order valence-corrected chi connectivity index (χ3v) is 0. The van der Waals surface area contributed by atoms with Crippen LogP contribution in [0.4, 0.5) is 0 Å². The molecule has 4 nitrogen and oxygen atoms in total. The van der Waals surface area contributed by atoms with E-state index in [0.29, 0.717) is 0 Å². The van der Waals surface area contributed by atoms with Gasteiger partial charge in [-0.1, -0.05) is 0 Å². The monoisotopic (exact) mass is 194 g/mol. The van der Waals surface area contributed by atoms with Crippen LogP contribution in [0.3, 0.4) is 0 Å². The summed E-state index contributed by atoms with van der Waals surface area (Å²) in [5.41, 5.74) is 23.5. The fraction of sp³-hybridized carbons (Fsp3) is 1.00. The van der Waals surface area contributed by atoms with E-state index in [0.717, 1.165) is 0 Å². The van der Waals surface area contributed by atoms with Crippen molar-refractivity contribution in [3.05, 3.63) is 22.9 Å². The minimum Gasteiger partial charge on any atom is -0.696 e. The average Bonchev–Trinajstić information content (AvgIpc) is 1.39. The predicted molar refractivity (Wildman–Crippen MR) is 27.0 cm³/mol. The Morgan fingerprint density at radius 3 is 0.714 bits per heavy atom. The summed E-state index contributed by atoms with van der Waals surface area (Å²) >= 11 is 0. The number of hydrogen-bond acceptors (Lipinski definition) is 0. The van der Waals surface area contributed by atoms with E-state index in [9.17, 15) is 0 Å². The zero-order valence-corrected chi connectivity index (χ0v) is 5.29. The molecule has 5 heteroatoms. The third-order valence-electron chi connectivity index (χ3n) is 0. The maximum atomic E-state index is 5.88. The van der Waals surface area contributed by atoms with E-state index in [1.165, 1.54) is 0 Å². The van der Waals surface area contributed by atoms with Crippen molar-refractivity contribution in [2.24, 2.45) is 0 Å². The second kappa shape index (κ2) is 31.4. The smallest absolute Gasteiger partial charge is 0 e. The van der Waals surface area contributed by atoms with Crippen LogP contribution in [0.25, 0.3) is 22.9 Å². The molecule has 0 fully saturated rings. The fourth-order valence-electron chi connectivity index (χ4n) is 0. The molecule has 0 aliphatic carbocycles. The van der Waals surface area contributed by atoms with Gasteiger partial charge in [0.1, 0.15) is 0 Å². The summed E-state index contributed by atoms with van der Waals surface area (Å²) in [6.45, 7) is -0.500. The summed E-state index contributed by atoms with van der Waals surface area (Å²) in [6, 6.07) is 0. The summed E-state index contributed by atoms with van der Waals surface area (Å²) in [5.74, 6) is 0. The summed E-state index contributed by atoms with van der Waals surface area (Å²) in [6.07, 6.45) is 0. The molecule has 0 aliphatic rings. The average molecular weight is 195 g/mol. The summed E-state index contributed by atoms with van der Waals surface area (Å²) in [5, 5.41) is 0. The Hall–Kier alpha value is 0.502. The maximum Gasteiger partial charge on any atom is 0 e. The van der Waals surface area contributed by atoms with Crippen LogP contribution in [-0.2, 0) is 20.4 Å². The number of hydrogen-bond donors (Lipinski definition) is 0. The largest absolute Gasteiger partial charge is 0.696 e. The van der Waals surface area contributed by atoms with Crippen LogP contribution in [0.5, 0.6) is 0 Å². The van der Waals surface area contributed by atoms with Crippen molar-refractivity contribution in [1.29, 1.82) is 0 Å². The molecule has 0 unspecified atom stereocenters. The van der Waals surface area contributed by atoms with Crippen LogP contribution in [0.15, 0.2) is 0 Å². The van der Waals surface area contributed by atoms with Gasteiger partial charge < -0.3 is 22.9 Å². The van der Waals surface area contributed by atoms with Crippen LogP contribution in [0, 0.1) is 0 Å². The van der Waals surface area contributed by atoms with E-state index in [1.54, 1.807) is 0 Å². The van der Waals surface area contributed by atoms with Crippen molar-refractivity contribution in [3.8, 4) is 0 Å². The molecule has 7 heavy (non-hydrogen) atoms. The van der Waals surface area contributed by atoms with Gasteiger partial charge >= 0.3 is 0 Å². The Kier molecular flexibility index (Phi) is 70.3. The second-order valence-corrected chi connectivity index (χ2v) is 0.354. The number of nitrogens with one attached hydrogen (secondary N) is 4. The van der Waals surface area contributed by atoms with Crippen molar-refractivity contribution in [2.75, 3.05) is 13.3 Å². The molecule has 0 saturated carbocycles. The molecule has 50 valence electrons. The van der Waals surface area contributed by atoms with E-state index >= 15 is 0 Å². The Morgan fingerprint density at radius 2 is 0.714 bits per heavy atom. The molecule has 0 amide bonds. The number of rotatable bonds is 0. The van der Waals surface area contributed by atoms with Gasteiger partial charge in [0, 0.05) is 20.4 Å². The third kappa shape index (κ3) is 522. The zero-order chi connectivity index (χ0) is 5.41. The van der Waals surface area contributed by atoms with Gasteiger partial charge in [0.25, 0.3) is 0 Å². The van der Waals surface area contributed by atoms with Gasteiger partial charge in [-0.3, -0.25) is 13.3 Å². The second-order valence-electron chi connectivity index (χ2n) is 0.354. The summed E-state index contributed by atoms with van der Waals surface area (Å²) in [4.78, 5) is 0. The molecule has 0 aromatic heterocycles. The Morgan fingerprint density at radius 1 is 0.714 bits per heavy atom. The van der Waals surface area contributed by atoms with Gasteiger partial charge in [-0.15, -0.1) is 0 Å². The van der Waals surface area contributed by atoms with Crippen LogP contribution in [0.1, 0.15) is 0 Å². The molecular formula is C2H8N4Pd-4. The summed E-state index contributed by atoms with van der Waals surface area (Å²) in [7, 11) is 0. The molecule has 0 rings (SSSR count). The SMILES string of the molecule is [NH-]C[NH-].[NH-]C[NH-].[Pd]. The van der Waals surface area contributed by atoms with Crippen molar-refractivity contribution in [3.63, 3.8) is 0 Å². The summed E-state index contributed by atoms with van der Waals surface area (Å²) < 4.78 is 0. The zero-order valence-electron chi connectivity index (χ0n) is 3.73. The van der Waals surface area contributed by atoms with E-state index < -0.39 is 0 Å². The minimum atomic E-state index is -0.250. The first-order chi connectivity index (χ1) is 2.83. The first-order valence-electron chi connectivity index (χ1n) is 1.41. The van der Waals surface area contributed by atoms with E-state index in [-0.39, 0.29) is 33.8 Å². The van der Waals surface area contributed by atoms with Crippen molar-refractivity contribution in [2.45, 2.75) is 0 Å². The van der Waals surface area contributed by atoms with E-state index in [2.05, 4.69) is 0 Å². The van der Waals surface area contributed by atoms with E-state index in [1.807, 2.05) is 0 Å². The molecule has 4 N–H and O–H groups in total. The van der Waals surface area contributed by atoms with Gasteiger partial charge in [0.05, 0.1) is 0 Å². The Bertz CT molecular complexity index is 11.7. The van der Waals surface area contributed by atoms with Crippen LogP contribution in [0.2, 0.25) is 0 Å². The van der Waals surface area contributed by atoms with Gasteiger partial charge in [0.15, 0.2) is 0 Å². The predicted octanol–water partition coefficient (Wildman–Crippen LogP) is 2.09. The molecule has 0 bridgehead atoms. The quantitative estimate of drug-likeness (QED) is 0.528. The molecule has 0 aromatic rings. The minimum absolute atomic E-state index is 0. The topological polar surface area (TPSA) is 95.2 Å². The normalized spacial score (nSPS) is 5.14. The first-order valence-corrected chi connectivity index (χ1v) is 1.41. The standard InChI is InChI=1S/2CH4N2.Pd/c2*2-1-3;/h2*2-3H,1H2;/q2*-2;. The van der Waals surface area contributed by atoms with Gasteiger partial charge in [-0.2, -0.15) is 0 Å².